The van der Waals surface area contributed by atoms with Gasteiger partial charge < -0.3 is 20.5 Å². The number of sulfonamides is 1. The van der Waals surface area contributed by atoms with E-state index in [1.807, 2.05) is 0 Å². The molecule has 0 aliphatic carbocycles. The van der Waals surface area contributed by atoms with Gasteiger partial charge in [-0.2, -0.15) is 0 Å². The van der Waals surface area contributed by atoms with E-state index in [9.17, 15) is 13.5 Å². The van der Waals surface area contributed by atoms with E-state index in [4.69, 9.17) is 15.6 Å². The van der Waals surface area contributed by atoms with Gasteiger partial charge in [0.1, 0.15) is 4.90 Å². The second-order valence-corrected chi connectivity index (χ2v) is 5.75. The third kappa shape index (κ3) is 4.06. The van der Waals surface area contributed by atoms with Crippen molar-refractivity contribution in [2.75, 3.05) is 37.9 Å². The lowest BCUT2D eigenvalue weighted by Gasteiger charge is -2.24. The van der Waals surface area contributed by atoms with Crippen molar-refractivity contribution in [3.63, 3.8) is 0 Å². The normalized spacial score (nSPS) is 13.3. The number of nitrogens with zero attached hydrogens (tertiary/aromatic N) is 1. The quantitative estimate of drug-likeness (QED) is 0.599. The number of hydrogen-bond donors (Lipinski definition) is 3. The molecule has 0 spiro atoms. The maximum Gasteiger partial charge on any atom is 0.240 e. The van der Waals surface area contributed by atoms with Crippen LogP contribution in [0.2, 0.25) is 0 Å². The van der Waals surface area contributed by atoms with Crippen LogP contribution in [0, 0.1) is 0 Å². The van der Waals surface area contributed by atoms with Crippen molar-refractivity contribution in [3.8, 4) is 0 Å². The average molecular weight is 289 g/mol. The van der Waals surface area contributed by atoms with E-state index in [1.54, 1.807) is 24.1 Å². The molecule has 1 atom stereocenters. The van der Waals surface area contributed by atoms with Gasteiger partial charge in [0, 0.05) is 20.7 Å². The molecule has 0 aliphatic rings. The summed E-state index contributed by atoms with van der Waals surface area (Å²) in [4.78, 5) is 1.52. The number of ether oxygens (including phenoxy) is 1. The molecule has 0 fully saturated rings. The molecule has 1 rings (SSSR count). The summed E-state index contributed by atoms with van der Waals surface area (Å²) < 4.78 is 27.6. The Balaban J connectivity index is 3.02. The van der Waals surface area contributed by atoms with Crippen molar-refractivity contribution in [3.05, 3.63) is 18.2 Å². The predicted octanol–water partition coefficient (Wildman–Crippen LogP) is -0.640. The number of likely N-dealkylation sites (N-methyl/N-ethyl adjacent to an activating group) is 1. The second kappa shape index (κ2) is 6.20. The number of benzene rings is 1. The van der Waals surface area contributed by atoms with Crippen LogP contribution in [0.4, 0.5) is 11.4 Å². The van der Waals surface area contributed by atoms with Crippen LogP contribution in [0.5, 0.6) is 0 Å². The molecular formula is C11H19N3O4S. The van der Waals surface area contributed by atoms with Gasteiger partial charge in [-0.25, -0.2) is 13.6 Å². The standard InChI is InChI=1S/C11H19N3O4S/c1-14(6-8(15)7-18-2)9-4-3-5-10(11(9)12)19(13,16)17/h3-5,8,15H,6-7,12H2,1-2H3,(H2,13,16,17). The first kappa shape index (κ1) is 15.7. The van der Waals surface area contributed by atoms with Gasteiger partial charge in [0.2, 0.25) is 10.0 Å². The fourth-order valence-corrected chi connectivity index (χ4v) is 2.45. The Hall–Kier alpha value is -1.35. The Kier molecular flexibility index (Phi) is 5.12. The summed E-state index contributed by atoms with van der Waals surface area (Å²) in [7, 11) is -0.690. The van der Waals surface area contributed by atoms with Gasteiger partial charge in [-0.15, -0.1) is 0 Å². The topological polar surface area (TPSA) is 119 Å². The highest BCUT2D eigenvalue weighted by molar-refractivity contribution is 7.89. The fourth-order valence-electron chi connectivity index (χ4n) is 1.77. The smallest absolute Gasteiger partial charge is 0.240 e. The van der Waals surface area contributed by atoms with Crippen LogP contribution in [-0.4, -0.2) is 46.9 Å². The number of para-hydroxylation sites is 1. The van der Waals surface area contributed by atoms with Crippen LogP contribution in [0.1, 0.15) is 0 Å². The molecule has 0 saturated carbocycles. The Morgan fingerprint density at radius 2 is 2.11 bits per heavy atom. The number of rotatable bonds is 6. The lowest BCUT2D eigenvalue weighted by atomic mass is 10.2. The number of aliphatic hydroxyl groups excluding tert-OH is 1. The van der Waals surface area contributed by atoms with Crippen molar-refractivity contribution in [2.24, 2.45) is 5.14 Å². The van der Waals surface area contributed by atoms with E-state index in [-0.39, 0.29) is 23.7 Å². The first-order valence-corrected chi connectivity index (χ1v) is 7.11. The zero-order valence-corrected chi connectivity index (χ0v) is 11.7. The number of hydrogen-bond acceptors (Lipinski definition) is 6. The highest BCUT2D eigenvalue weighted by atomic mass is 32.2. The van der Waals surface area contributed by atoms with E-state index in [1.165, 1.54) is 13.2 Å². The van der Waals surface area contributed by atoms with Crippen LogP contribution in [0.3, 0.4) is 0 Å². The molecule has 1 aromatic carbocycles. The number of anilines is 2. The summed E-state index contributed by atoms with van der Waals surface area (Å²) in [6.45, 7) is 0.436. The molecule has 19 heavy (non-hydrogen) atoms. The van der Waals surface area contributed by atoms with Gasteiger partial charge in [-0.3, -0.25) is 0 Å². The lowest BCUT2D eigenvalue weighted by Crippen LogP contribution is -2.32. The number of aliphatic hydroxyl groups is 1. The molecule has 5 N–H and O–H groups in total. The first-order chi connectivity index (χ1) is 8.77. The van der Waals surface area contributed by atoms with Crippen molar-refractivity contribution in [1.82, 2.24) is 0 Å². The third-order valence-corrected chi connectivity index (χ3v) is 3.57. The van der Waals surface area contributed by atoms with E-state index in [2.05, 4.69) is 0 Å². The number of primary sulfonamides is 1. The SMILES string of the molecule is COCC(O)CN(C)c1cccc(S(N)(=O)=O)c1N. The molecule has 1 aromatic rings. The van der Waals surface area contributed by atoms with Crippen molar-refractivity contribution >= 4 is 21.4 Å². The van der Waals surface area contributed by atoms with Crippen molar-refractivity contribution < 1.29 is 18.3 Å². The maximum atomic E-state index is 11.4. The zero-order valence-electron chi connectivity index (χ0n) is 10.9. The van der Waals surface area contributed by atoms with Crippen molar-refractivity contribution in [2.45, 2.75) is 11.0 Å². The monoisotopic (exact) mass is 289 g/mol. The predicted molar refractivity (Wildman–Crippen MR) is 73.4 cm³/mol. The van der Waals surface area contributed by atoms with Crippen LogP contribution in [0.15, 0.2) is 23.1 Å². The van der Waals surface area contributed by atoms with E-state index in [0.717, 1.165) is 0 Å². The zero-order chi connectivity index (χ0) is 14.6. The average Bonchev–Trinajstić information content (AvgIpc) is 2.27. The molecular weight excluding hydrogens is 270 g/mol. The number of nitrogens with two attached hydrogens (primary N) is 2. The Bertz CT molecular complexity index is 533. The maximum absolute atomic E-state index is 11.4. The summed E-state index contributed by atoms with van der Waals surface area (Å²) in [6, 6.07) is 4.54. The fraction of sp³-hybridized carbons (Fsp3) is 0.455. The minimum absolute atomic E-state index is 0.0668. The molecule has 7 nitrogen and oxygen atoms in total. The van der Waals surface area contributed by atoms with Crippen LogP contribution in [0.25, 0.3) is 0 Å². The summed E-state index contributed by atoms with van der Waals surface area (Å²) in [5.74, 6) is 0. The first-order valence-electron chi connectivity index (χ1n) is 5.56. The summed E-state index contributed by atoms with van der Waals surface area (Å²) in [5.41, 5.74) is 6.36. The van der Waals surface area contributed by atoms with Crippen LogP contribution >= 0.6 is 0 Å². The molecule has 8 heteroatoms. The van der Waals surface area contributed by atoms with Crippen molar-refractivity contribution in [1.29, 1.82) is 0 Å². The van der Waals surface area contributed by atoms with E-state index < -0.39 is 16.1 Å². The molecule has 0 heterocycles. The van der Waals surface area contributed by atoms with Crippen LogP contribution < -0.4 is 15.8 Å². The summed E-state index contributed by atoms with van der Waals surface area (Å²) in [6.07, 6.45) is -0.701. The van der Waals surface area contributed by atoms with Gasteiger partial charge in [0.25, 0.3) is 0 Å². The molecule has 0 bridgehead atoms. The van der Waals surface area contributed by atoms with Gasteiger partial charge in [-0.05, 0) is 12.1 Å². The summed E-state index contributed by atoms with van der Waals surface area (Å²) in [5, 5.41) is 14.7. The largest absolute Gasteiger partial charge is 0.396 e. The molecule has 0 radical (unpaired) electrons. The van der Waals surface area contributed by atoms with Gasteiger partial charge >= 0.3 is 0 Å². The molecule has 0 amide bonds. The van der Waals surface area contributed by atoms with E-state index >= 15 is 0 Å². The molecule has 108 valence electrons. The Labute approximate surface area is 112 Å². The van der Waals surface area contributed by atoms with Gasteiger partial charge in [0.05, 0.1) is 24.1 Å². The third-order valence-electron chi connectivity index (χ3n) is 2.60. The second-order valence-electron chi connectivity index (χ2n) is 4.22. The van der Waals surface area contributed by atoms with Crippen LogP contribution in [-0.2, 0) is 14.8 Å². The Morgan fingerprint density at radius 1 is 1.47 bits per heavy atom. The van der Waals surface area contributed by atoms with E-state index in [0.29, 0.717) is 5.69 Å². The van der Waals surface area contributed by atoms with Gasteiger partial charge in [-0.1, -0.05) is 6.07 Å². The molecule has 0 aromatic heterocycles. The Morgan fingerprint density at radius 3 is 2.63 bits per heavy atom. The summed E-state index contributed by atoms with van der Waals surface area (Å²) >= 11 is 0. The highest BCUT2D eigenvalue weighted by Crippen LogP contribution is 2.28. The lowest BCUT2D eigenvalue weighted by molar-refractivity contribution is 0.0695. The van der Waals surface area contributed by atoms with Gasteiger partial charge in [0.15, 0.2) is 0 Å². The molecule has 0 saturated heterocycles. The minimum atomic E-state index is -3.87. The number of nitrogen functional groups attached to an aromatic ring is 1. The molecule has 1 unspecified atom stereocenters. The minimum Gasteiger partial charge on any atom is -0.396 e. The molecule has 0 aliphatic heterocycles. The number of methoxy groups -OCH3 is 1. The highest BCUT2D eigenvalue weighted by Gasteiger charge is 2.18.